The molecule has 104 valence electrons. The summed E-state index contributed by atoms with van der Waals surface area (Å²) in [4.78, 5) is 2.44. The fourth-order valence-corrected chi connectivity index (χ4v) is 2.45. The van der Waals surface area contributed by atoms with Crippen molar-refractivity contribution in [1.82, 2.24) is 0 Å². The first kappa shape index (κ1) is 14.5. The summed E-state index contributed by atoms with van der Waals surface area (Å²) >= 11 is 1.74. The zero-order valence-corrected chi connectivity index (χ0v) is 12.4. The molecule has 0 bridgehead atoms. The van der Waals surface area contributed by atoms with Crippen LogP contribution in [-0.4, -0.2) is 13.2 Å². The van der Waals surface area contributed by atoms with Crippen molar-refractivity contribution in [3.8, 4) is 5.75 Å². The van der Waals surface area contributed by atoms with Gasteiger partial charge in [0.05, 0.1) is 6.26 Å². The third-order valence-electron chi connectivity index (χ3n) is 2.67. The predicted molar refractivity (Wildman–Crippen MR) is 83.4 cm³/mol. The third-order valence-corrected chi connectivity index (χ3v) is 3.68. The number of aryl methyl sites for hydroxylation is 1. The Kier molecular flexibility index (Phi) is 5.56. The predicted octanol–water partition coefficient (Wildman–Crippen LogP) is 4.69. The van der Waals surface area contributed by atoms with Crippen molar-refractivity contribution in [2.45, 2.75) is 16.7 Å². The highest BCUT2D eigenvalue weighted by molar-refractivity contribution is 7.99. The van der Waals surface area contributed by atoms with Gasteiger partial charge in [-0.3, -0.25) is 0 Å². The van der Waals surface area contributed by atoms with Gasteiger partial charge in [0.2, 0.25) is 0 Å². The zero-order chi connectivity index (χ0) is 14.2. The van der Waals surface area contributed by atoms with E-state index >= 15 is 0 Å². The Balaban J connectivity index is 1.87. The first-order valence-corrected chi connectivity index (χ1v) is 7.29. The lowest BCUT2D eigenvalue weighted by Gasteiger charge is -2.07. The lowest BCUT2D eigenvalue weighted by Crippen LogP contribution is -2.03. The molecule has 2 rings (SSSR count). The highest BCUT2D eigenvalue weighted by Gasteiger charge is 1.99. The van der Waals surface area contributed by atoms with E-state index in [4.69, 9.17) is 9.47 Å². The van der Waals surface area contributed by atoms with Crippen LogP contribution in [0.5, 0.6) is 5.75 Å². The normalized spacial score (nSPS) is 10.1. The summed E-state index contributed by atoms with van der Waals surface area (Å²) < 4.78 is 10.5. The molecule has 0 aliphatic rings. The molecule has 3 heteroatoms. The van der Waals surface area contributed by atoms with Crippen molar-refractivity contribution < 1.29 is 9.47 Å². The van der Waals surface area contributed by atoms with E-state index in [2.05, 4.69) is 49.9 Å². The molecule has 2 aromatic carbocycles. The van der Waals surface area contributed by atoms with Crippen LogP contribution in [-0.2, 0) is 4.74 Å². The van der Waals surface area contributed by atoms with Crippen LogP contribution in [0.3, 0.4) is 0 Å². The second-order valence-electron chi connectivity index (χ2n) is 4.27. The minimum Gasteiger partial charge on any atom is -0.498 e. The Labute approximate surface area is 124 Å². The molecule has 0 saturated heterocycles. The highest BCUT2D eigenvalue weighted by atomic mass is 32.2. The van der Waals surface area contributed by atoms with Gasteiger partial charge in [0, 0.05) is 9.79 Å². The third kappa shape index (κ3) is 4.67. The SMILES string of the molecule is C=COCCOc1ccc(Sc2ccc(C)cc2)cc1. The van der Waals surface area contributed by atoms with Crippen LogP contribution >= 0.6 is 11.8 Å². The van der Waals surface area contributed by atoms with E-state index in [1.54, 1.807) is 11.8 Å². The number of ether oxygens (including phenoxy) is 2. The van der Waals surface area contributed by atoms with E-state index in [-0.39, 0.29) is 0 Å². The second kappa shape index (κ2) is 7.65. The molecule has 2 aromatic rings. The van der Waals surface area contributed by atoms with E-state index in [0.29, 0.717) is 13.2 Å². The molecule has 0 unspecified atom stereocenters. The van der Waals surface area contributed by atoms with Gasteiger partial charge in [-0.1, -0.05) is 36.0 Å². The van der Waals surface area contributed by atoms with E-state index < -0.39 is 0 Å². The summed E-state index contributed by atoms with van der Waals surface area (Å²) in [6.07, 6.45) is 1.42. The van der Waals surface area contributed by atoms with E-state index in [9.17, 15) is 0 Å². The molecular weight excluding hydrogens is 268 g/mol. The maximum Gasteiger partial charge on any atom is 0.122 e. The Morgan fingerprint density at radius 2 is 1.55 bits per heavy atom. The van der Waals surface area contributed by atoms with Crippen molar-refractivity contribution >= 4 is 11.8 Å². The van der Waals surface area contributed by atoms with Crippen molar-refractivity contribution in [2.24, 2.45) is 0 Å². The van der Waals surface area contributed by atoms with Gasteiger partial charge in [0.15, 0.2) is 0 Å². The van der Waals surface area contributed by atoms with Gasteiger partial charge in [0.1, 0.15) is 19.0 Å². The Morgan fingerprint density at radius 1 is 0.950 bits per heavy atom. The van der Waals surface area contributed by atoms with Gasteiger partial charge in [0.25, 0.3) is 0 Å². The molecule has 0 aliphatic heterocycles. The lowest BCUT2D eigenvalue weighted by atomic mass is 10.2. The molecule has 0 fully saturated rings. The molecule has 0 heterocycles. The van der Waals surface area contributed by atoms with E-state index in [0.717, 1.165) is 5.75 Å². The number of hydrogen-bond acceptors (Lipinski definition) is 3. The van der Waals surface area contributed by atoms with Gasteiger partial charge in [-0.2, -0.15) is 0 Å². The lowest BCUT2D eigenvalue weighted by molar-refractivity contribution is 0.179. The van der Waals surface area contributed by atoms with Crippen molar-refractivity contribution in [3.05, 3.63) is 66.9 Å². The Bertz CT molecular complexity index is 532. The van der Waals surface area contributed by atoms with Crippen LogP contribution < -0.4 is 4.74 Å². The van der Waals surface area contributed by atoms with Crippen molar-refractivity contribution in [1.29, 1.82) is 0 Å². The van der Waals surface area contributed by atoms with Crippen LogP contribution in [0.1, 0.15) is 5.56 Å². The smallest absolute Gasteiger partial charge is 0.122 e. The molecule has 0 spiro atoms. The summed E-state index contributed by atoms with van der Waals surface area (Å²) in [5.41, 5.74) is 1.28. The van der Waals surface area contributed by atoms with E-state index in [1.807, 2.05) is 12.1 Å². The standard InChI is InChI=1S/C17H18O2S/c1-3-18-12-13-19-15-6-10-17(11-7-15)20-16-8-4-14(2)5-9-16/h3-11H,1,12-13H2,2H3. The van der Waals surface area contributed by atoms with Crippen LogP contribution in [0.2, 0.25) is 0 Å². The number of rotatable bonds is 7. The van der Waals surface area contributed by atoms with Crippen LogP contribution in [0.15, 0.2) is 71.2 Å². The minimum absolute atomic E-state index is 0.517. The molecule has 0 radical (unpaired) electrons. The summed E-state index contributed by atoms with van der Waals surface area (Å²) in [6, 6.07) is 16.6. The summed E-state index contributed by atoms with van der Waals surface area (Å²) in [5.74, 6) is 0.853. The van der Waals surface area contributed by atoms with Gasteiger partial charge in [-0.15, -0.1) is 0 Å². The first-order chi connectivity index (χ1) is 9.78. The number of hydrogen-bond donors (Lipinski definition) is 0. The first-order valence-electron chi connectivity index (χ1n) is 6.48. The summed E-state index contributed by atoms with van der Waals surface area (Å²) in [6.45, 7) is 6.62. The van der Waals surface area contributed by atoms with Crippen LogP contribution in [0.25, 0.3) is 0 Å². The minimum atomic E-state index is 0.517. The monoisotopic (exact) mass is 286 g/mol. The van der Waals surface area contributed by atoms with Crippen LogP contribution in [0, 0.1) is 6.92 Å². The molecule has 0 atom stereocenters. The molecule has 0 aromatic heterocycles. The molecule has 0 amide bonds. The average Bonchev–Trinajstić information content (AvgIpc) is 2.48. The van der Waals surface area contributed by atoms with Gasteiger partial charge in [-0.25, -0.2) is 0 Å². The van der Waals surface area contributed by atoms with Crippen molar-refractivity contribution in [2.75, 3.05) is 13.2 Å². The van der Waals surface area contributed by atoms with Gasteiger partial charge < -0.3 is 9.47 Å². The quantitative estimate of drug-likeness (QED) is 0.543. The molecule has 2 nitrogen and oxygen atoms in total. The Hall–Kier alpha value is -1.87. The summed E-state index contributed by atoms with van der Waals surface area (Å²) in [7, 11) is 0. The van der Waals surface area contributed by atoms with Crippen LogP contribution in [0.4, 0.5) is 0 Å². The van der Waals surface area contributed by atoms with E-state index in [1.165, 1.54) is 21.6 Å². The molecule has 0 N–H and O–H groups in total. The topological polar surface area (TPSA) is 18.5 Å². The average molecular weight is 286 g/mol. The summed E-state index contributed by atoms with van der Waals surface area (Å²) in [5, 5.41) is 0. The molecule has 0 aliphatic carbocycles. The zero-order valence-electron chi connectivity index (χ0n) is 11.5. The molecule has 0 saturated carbocycles. The fourth-order valence-electron chi connectivity index (χ4n) is 1.64. The van der Waals surface area contributed by atoms with Gasteiger partial charge >= 0.3 is 0 Å². The van der Waals surface area contributed by atoms with Gasteiger partial charge in [-0.05, 0) is 43.3 Å². The maximum atomic E-state index is 5.55. The van der Waals surface area contributed by atoms with Crippen molar-refractivity contribution in [3.63, 3.8) is 0 Å². The number of benzene rings is 2. The second-order valence-corrected chi connectivity index (χ2v) is 5.42. The fraction of sp³-hybridized carbons (Fsp3) is 0.176. The largest absolute Gasteiger partial charge is 0.498 e. The molecule has 20 heavy (non-hydrogen) atoms. The Morgan fingerprint density at radius 3 is 2.15 bits per heavy atom. The highest BCUT2D eigenvalue weighted by Crippen LogP contribution is 2.29. The molecular formula is C17H18O2S. The maximum absolute atomic E-state index is 5.55.